The van der Waals surface area contributed by atoms with Crippen molar-refractivity contribution in [3.05, 3.63) is 11.9 Å². The normalized spacial score (nSPS) is 28.2. The highest BCUT2D eigenvalue weighted by molar-refractivity contribution is 5.84. The minimum absolute atomic E-state index is 0.0176. The smallest absolute Gasteiger partial charge is 0.358 e. The number of carboxylic acids is 1. The Bertz CT molecular complexity index is 476. The van der Waals surface area contributed by atoms with Crippen LogP contribution in [0.1, 0.15) is 42.2 Å². The molecule has 1 saturated carbocycles. The summed E-state index contributed by atoms with van der Waals surface area (Å²) in [5.74, 6) is -1.02. The SMILES string of the molecule is COC1CCC(N2CC(n3cc(C(=O)O)nn3)C2)CC1. The van der Waals surface area contributed by atoms with E-state index in [0.29, 0.717) is 12.1 Å². The lowest BCUT2D eigenvalue weighted by molar-refractivity contribution is -0.00221. The summed E-state index contributed by atoms with van der Waals surface area (Å²) in [6, 6.07) is 0.899. The van der Waals surface area contributed by atoms with E-state index in [4.69, 9.17) is 9.84 Å². The average molecular weight is 280 g/mol. The Balaban J connectivity index is 1.50. The maximum Gasteiger partial charge on any atom is 0.358 e. The van der Waals surface area contributed by atoms with Crippen LogP contribution in [0.25, 0.3) is 0 Å². The van der Waals surface area contributed by atoms with Crippen LogP contribution in [0.3, 0.4) is 0 Å². The number of hydrogen-bond donors (Lipinski definition) is 1. The number of nitrogens with zero attached hydrogens (tertiary/aromatic N) is 4. The lowest BCUT2D eigenvalue weighted by atomic mass is 9.89. The Labute approximate surface area is 117 Å². The van der Waals surface area contributed by atoms with E-state index in [1.165, 1.54) is 19.0 Å². The minimum atomic E-state index is -1.02. The summed E-state index contributed by atoms with van der Waals surface area (Å²) in [7, 11) is 1.79. The molecule has 3 rings (SSSR count). The number of aromatic carboxylic acids is 1. The fraction of sp³-hybridized carbons (Fsp3) is 0.769. The van der Waals surface area contributed by atoms with Gasteiger partial charge < -0.3 is 9.84 Å². The molecule has 2 heterocycles. The van der Waals surface area contributed by atoms with Gasteiger partial charge in [0.15, 0.2) is 5.69 Å². The second kappa shape index (κ2) is 5.49. The average Bonchev–Trinajstić information content (AvgIpc) is 2.87. The van der Waals surface area contributed by atoms with Crippen LogP contribution in [0.2, 0.25) is 0 Å². The van der Waals surface area contributed by atoms with Crippen molar-refractivity contribution in [2.45, 2.75) is 43.9 Å². The van der Waals surface area contributed by atoms with E-state index in [-0.39, 0.29) is 11.7 Å². The molecule has 1 aliphatic heterocycles. The molecule has 2 aliphatic rings. The van der Waals surface area contributed by atoms with Crippen LogP contribution in [0.4, 0.5) is 0 Å². The Kier molecular flexibility index (Phi) is 3.71. The Morgan fingerprint density at radius 1 is 1.30 bits per heavy atom. The van der Waals surface area contributed by atoms with Gasteiger partial charge in [-0.1, -0.05) is 5.21 Å². The van der Waals surface area contributed by atoms with Crippen LogP contribution in [0.5, 0.6) is 0 Å². The van der Waals surface area contributed by atoms with E-state index >= 15 is 0 Å². The molecule has 0 spiro atoms. The Morgan fingerprint density at radius 2 is 2.00 bits per heavy atom. The molecule has 1 N–H and O–H groups in total. The van der Waals surface area contributed by atoms with Crippen molar-refractivity contribution in [3.8, 4) is 0 Å². The largest absolute Gasteiger partial charge is 0.476 e. The molecule has 0 aromatic carbocycles. The summed E-state index contributed by atoms with van der Waals surface area (Å²) >= 11 is 0. The summed E-state index contributed by atoms with van der Waals surface area (Å²) in [6.45, 7) is 1.87. The van der Waals surface area contributed by atoms with Gasteiger partial charge in [0, 0.05) is 26.2 Å². The zero-order valence-corrected chi connectivity index (χ0v) is 11.6. The zero-order chi connectivity index (χ0) is 14.1. The van der Waals surface area contributed by atoms with Crippen molar-refractivity contribution in [2.24, 2.45) is 0 Å². The van der Waals surface area contributed by atoms with Crippen molar-refractivity contribution in [1.29, 1.82) is 0 Å². The standard InChI is InChI=1S/C13H20N4O3/c1-20-11-4-2-9(3-5-11)16-6-10(7-16)17-8-12(13(18)19)14-15-17/h8-11H,2-7H2,1H3,(H,18,19). The van der Waals surface area contributed by atoms with E-state index in [1.807, 2.05) is 0 Å². The Morgan fingerprint density at radius 3 is 2.55 bits per heavy atom. The summed E-state index contributed by atoms with van der Waals surface area (Å²) in [5, 5.41) is 16.4. The molecule has 2 fully saturated rings. The van der Waals surface area contributed by atoms with Crippen molar-refractivity contribution in [2.75, 3.05) is 20.2 Å². The summed E-state index contributed by atoms with van der Waals surface area (Å²) in [5.41, 5.74) is 0.0176. The molecular formula is C13H20N4O3. The molecular weight excluding hydrogens is 260 g/mol. The molecule has 1 aromatic rings. The van der Waals surface area contributed by atoms with Crippen LogP contribution < -0.4 is 0 Å². The minimum Gasteiger partial charge on any atom is -0.476 e. The van der Waals surface area contributed by atoms with E-state index in [9.17, 15) is 4.79 Å². The number of carboxylic acid groups (broad SMARTS) is 1. The number of aromatic nitrogens is 3. The molecule has 110 valence electrons. The number of ether oxygens (including phenoxy) is 1. The van der Waals surface area contributed by atoms with Gasteiger partial charge >= 0.3 is 5.97 Å². The number of likely N-dealkylation sites (tertiary alicyclic amines) is 1. The van der Waals surface area contributed by atoms with Gasteiger partial charge in [-0.2, -0.15) is 0 Å². The molecule has 0 atom stereocenters. The van der Waals surface area contributed by atoms with Gasteiger partial charge in [0.1, 0.15) is 0 Å². The van der Waals surface area contributed by atoms with Gasteiger partial charge in [-0.15, -0.1) is 5.10 Å². The maximum atomic E-state index is 10.8. The first-order chi connectivity index (χ1) is 9.67. The number of methoxy groups -OCH3 is 1. The first-order valence-electron chi connectivity index (χ1n) is 7.09. The molecule has 1 saturated heterocycles. The molecule has 20 heavy (non-hydrogen) atoms. The van der Waals surface area contributed by atoms with Crippen LogP contribution >= 0.6 is 0 Å². The molecule has 1 aliphatic carbocycles. The molecule has 0 radical (unpaired) electrons. The molecule has 1 aromatic heterocycles. The van der Waals surface area contributed by atoms with Gasteiger partial charge in [-0.05, 0) is 25.7 Å². The van der Waals surface area contributed by atoms with Crippen molar-refractivity contribution >= 4 is 5.97 Å². The highest BCUT2D eigenvalue weighted by Crippen LogP contribution is 2.31. The number of carbonyl (C=O) groups is 1. The van der Waals surface area contributed by atoms with E-state index < -0.39 is 5.97 Å². The van der Waals surface area contributed by atoms with Gasteiger partial charge in [0.2, 0.25) is 0 Å². The lowest BCUT2D eigenvalue weighted by Crippen LogP contribution is -2.54. The van der Waals surface area contributed by atoms with E-state index in [2.05, 4.69) is 15.2 Å². The summed E-state index contributed by atoms with van der Waals surface area (Å²) < 4.78 is 7.07. The summed E-state index contributed by atoms with van der Waals surface area (Å²) in [6.07, 6.45) is 6.58. The van der Waals surface area contributed by atoms with Crippen molar-refractivity contribution < 1.29 is 14.6 Å². The molecule has 0 amide bonds. The predicted octanol–water partition coefficient (Wildman–Crippen LogP) is 0.791. The second-order valence-electron chi connectivity index (χ2n) is 5.66. The van der Waals surface area contributed by atoms with E-state index in [1.54, 1.807) is 11.8 Å². The quantitative estimate of drug-likeness (QED) is 0.878. The summed E-state index contributed by atoms with van der Waals surface area (Å²) in [4.78, 5) is 13.2. The van der Waals surface area contributed by atoms with Crippen LogP contribution in [0, 0.1) is 0 Å². The Hall–Kier alpha value is -1.47. The third kappa shape index (κ3) is 2.55. The number of hydrogen-bond acceptors (Lipinski definition) is 5. The van der Waals surface area contributed by atoms with Crippen molar-refractivity contribution in [1.82, 2.24) is 19.9 Å². The molecule has 7 nitrogen and oxygen atoms in total. The third-order valence-electron chi connectivity index (χ3n) is 4.49. The van der Waals surface area contributed by atoms with Crippen molar-refractivity contribution in [3.63, 3.8) is 0 Å². The zero-order valence-electron chi connectivity index (χ0n) is 11.6. The monoisotopic (exact) mass is 280 g/mol. The first-order valence-corrected chi connectivity index (χ1v) is 7.09. The van der Waals surface area contributed by atoms with Gasteiger partial charge in [-0.3, -0.25) is 4.90 Å². The highest BCUT2D eigenvalue weighted by atomic mass is 16.5. The molecule has 0 bridgehead atoms. The van der Waals surface area contributed by atoms with Crippen LogP contribution in [0.15, 0.2) is 6.20 Å². The molecule has 7 heteroatoms. The number of rotatable bonds is 4. The molecule has 0 unspecified atom stereocenters. The van der Waals surface area contributed by atoms with Gasteiger partial charge in [0.05, 0.1) is 18.3 Å². The fourth-order valence-electron chi connectivity index (χ4n) is 3.15. The van der Waals surface area contributed by atoms with Gasteiger partial charge in [-0.25, -0.2) is 9.48 Å². The van der Waals surface area contributed by atoms with Crippen LogP contribution in [-0.2, 0) is 4.74 Å². The third-order valence-corrected chi connectivity index (χ3v) is 4.49. The first kappa shape index (κ1) is 13.5. The highest BCUT2D eigenvalue weighted by Gasteiger charge is 2.36. The van der Waals surface area contributed by atoms with E-state index in [0.717, 1.165) is 25.9 Å². The fourth-order valence-corrected chi connectivity index (χ4v) is 3.15. The maximum absolute atomic E-state index is 10.8. The predicted molar refractivity (Wildman–Crippen MR) is 70.6 cm³/mol. The van der Waals surface area contributed by atoms with Crippen LogP contribution in [-0.4, -0.2) is 63.3 Å². The topological polar surface area (TPSA) is 80.5 Å². The van der Waals surface area contributed by atoms with Gasteiger partial charge in [0.25, 0.3) is 0 Å². The lowest BCUT2D eigenvalue weighted by Gasteiger charge is -2.46. The second-order valence-corrected chi connectivity index (χ2v) is 5.66.